The van der Waals surface area contributed by atoms with Crippen LogP contribution in [0.2, 0.25) is 0 Å². The number of hydrogen-bond acceptors (Lipinski definition) is 3. The average molecular weight is 315 g/mol. The van der Waals surface area contributed by atoms with E-state index < -0.39 is 15.3 Å². The van der Waals surface area contributed by atoms with E-state index in [4.69, 9.17) is 34.8 Å². The summed E-state index contributed by atoms with van der Waals surface area (Å²) in [6, 6.07) is 9.30. The predicted octanol–water partition coefficient (Wildman–Crippen LogP) is 3.83. The fourth-order valence-electron chi connectivity index (χ4n) is 0.979. The minimum Gasteiger partial charge on any atom is -0.453 e. The maximum Gasteiger partial charge on any atom is 0.407 e. The van der Waals surface area contributed by atoms with Gasteiger partial charge in [0.1, 0.15) is 5.37 Å². The van der Waals surface area contributed by atoms with Crippen LogP contribution < -0.4 is 5.32 Å². The molecule has 1 atom stereocenters. The fraction of sp³-hybridized carbons (Fsp3) is 0.300. The molecule has 0 heterocycles. The van der Waals surface area contributed by atoms with Crippen molar-refractivity contribution in [2.24, 2.45) is 0 Å². The molecule has 0 spiro atoms. The Morgan fingerprint density at radius 1 is 1.35 bits per heavy atom. The van der Waals surface area contributed by atoms with Crippen molar-refractivity contribution in [1.82, 2.24) is 5.32 Å². The molecule has 17 heavy (non-hydrogen) atoms. The quantitative estimate of drug-likeness (QED) is 0.523. The van der Waals surface area contributed by atoms with Gasteiger partial charge in [0.25, 0.3) is 0 Å². The van der Waals surface area contributed by atoms with E-state index in [0.717, 1.165) is 4.90 Å². The van der Waals surface area contributed by atoms with E-state index in [1.54, 1.807) is 0 Å². The topological polar surface area (TPSA) is 38.3 Å². The molecule has 0 fully saturated rings. The van der Waals surface area contributed by atoms with E-state index >= 15 is 0 Å². The molecule has 0 aliphatic carbocycles. The summed E-state index contributed by atoms with van der Waals surface area (Å²) in [4.78, 5) is 12.0. The van der Waals surface area contributed by atoms with Gasteiger partial charge in [-0.25, -0.2) is 4.79 Å². The number of carbonyl (C=O) groups is 1. The van der Waals surface area contributed by atoms with Crippen LogP contribution in [0.4, 0.5) is 4.79 Å². The number of rotatable bonds is 3. The van der Waals surface area contributed by atoms with Crippen molar-refractivity contribution in [2.75, 3.05) is 7.11 Å². The lowest BCUT2D eigenvalue weighted by molar-refractivity contribution is 0.170. The highest BCUT2D eigenvalue weighted by Gasteiger charge is 2.35. The van der Waals surface area contributed by atoms with E-state index in [9.17, 15) is 4.79 Å². The summed E-state index contributed by atoms with van der Waals surface area (Å²) in [5, 5.41) is 1.73. The van der Waals surface area contributed by atoms with Crippen LogP contribution in [0.15, 0.2) is 35.2 Å². The lowest BCUT2D eigenvalue weighted by Gasteiger charge is -2.24. The van der Waals surface area contributed by atoms with Crippen molar-refractivity contribution in [3.05, 3.63) is 30.3 Å². The summed E-state index contributed by atoms with van der Waals surface area (Å²) in [6.07, 6.45) is -0.648. The number of hydrogen-bond donors (Lipinski definition) is 1. The molecule has 1 aromatic rings. The molecule has 3 nitrogen and oxygen atoms in total. The predicted molar refractivity (Wildman–Crippen MR) is 71.9 cm³/mol. The van der Waals surface area contributed by atoms with E-state index in [2.05, 4.69) is 10.1 Å². The molecule has 94 valence electrons. The SMILES string of the molecule is COC(=O)NC(Sc1ccccc1)C(Cl)(Cl)Cl. The lowest BCUT2D eigenvalue weighted by Crippen LogP contribution is -2.41. The van der Waals surface area contributed by atoms with Crippen molar-refractivity contribution < 1.29 is 9.53 Å². The summed E-state index contributed by atoms with van der Waals surface area (Å²) < 4.78 is 2.84. The van der Waals surface area contributed by atoms with E-state index in [1.807, 2.05) is 30.3 Å². The molecule has 1 rings (SSSR count). The van der Waals surface area contributed by atoms with Gasteiger partial charge in [0.15, 0.2) is 0 Å². The molecular weight excluding hydrogens is 305 g/mol. The van der Waals surface area contributed by atoms with Gasteiger partial charge in [-0.05, 0) is 12.1 Å². The third kappa shape index (κ3) is 5.25. The molecule has 7 heteroatoms. The minimum atomic E-state index is -1.63. The molecule has 0 aliphatic heterocycles. The van der Waals surface area contributed by atoms with Gasteiger partial charge in [0.2, 0.25) is 3.79 Å². The molecule has 0 aliphatic rings. The summed E-state index contributed by atoms with van der Waals surface area (Å²) in [5.41, 5.74) is 0. The number of alkyl halides is 3. The summed E-state index contributed by atoms with van der Waals surface area (Å²) in [7, 11) is 1.25. The summed E-state index contributed by atoms with van der Waals surface area (Å²) in [6.45, 7) is 0. The van der Waals surface area contributed by atoms with Gasteiger partial charge in [-0.1, -0.05) is 64.8 Å². The third-order valence-corrected chi connectivity index (χ3v) is 4.02. The molecule has 0 saturated heterocycles. The van der Waals surface area contributed by atoms with Crippen molar-refractivity contribution in [3.8, 4) is 0 Å². The van der Waals surface area contributed by atoms with Crippen molar-refractivity contribution in [1.29, 1.82) is 0 Å². The number of alkyl carbamates (subject to hydrolysis) is 1. The largest absolute Gasteiger partial charge is 0.453 e. The van der Waals surface area contributed by atoms with Crippen LogP contribution >= 0.6 is 46.6 Å². The zero-order chi connectivity index (χ0) is 12.9. The Bertz CT molecular complexity index is 370. The molecule has 0 saturated carbocycles. The summed E-state index contributed by atoms with van der Waals surface area (Å²) in [5.74, 6) is 0. The number of carbonyl (C=O) groups excluding carboxylic acids is 1. The molecule has 1 aromatic carbocycles. The van der Waals surface area contributed by atoms with Crippen LogP contribution in [0.1, 0.15) is 0 Å². The van der Waals surface area contributed by atoms with E-state index in [1.165, 1.54) is 18.9 Å². The minimum absolute atomic E-state index is 0.648. The Balaban J connectivity index is 2.75. The van der Waals surface area contributed by atoms with Gasteiger partial charge in [0.05, 0.1) is 7.11 Å². The van der Waals surface area contributed by atoms with Crippen molar-refractivity contribution in [3.63, 3.8) is 0 Å². The highest BCUT2D eigenvalue weighted by molar-refractivity contribution is 8.00. The van der Waals surface area contributed by atoms with Gasteiger partial charge >= 0.3 is 6.09 Å². The van der Waals surface area contributed by atoms with Gasteiger partial charge < -0.3 is 10.1 Å². The first-order chi connectivity index (χ1) is 7.93. The Labute approximate surface area is 119 Å². The fourth-order valence-corrected chi connectivity index (χ4v) is 2.42. The van der Waals surface area contributed by atoms with Crippen LogP contribution in [-0.4, -0.2) is 22.4 Å². The second-order valence-corrected chi connectivity index (χ2v) is 6.54. The number of thioether (sulfide) groups is 1. The highest BCUT2D eigenvalue weighted by Crippen LogP contribution is 2.39. The Kier molecular flexibility index (Phi) is 5.73. The second-order valence-electron chi connectivity index (χ2n) is 2.99. The normalized spacial score (nSPS) is 12.9. The lowest BCUT2D eigenvalue weighted by atomic mass is 10.4. The number of ether oxygens (including phenoxy) is 1. The Morgan fingerprint density at radius 2 is 1.94 bits per heavy atom. The first kappa shape index (κ1) is 14.8. The zero-order valence-corrected chi connectivity index (χ0v) is 11.9. The number of benzene rings is 1. The highest BCUT2D eigenvalue weighted by atomic mass is 35.6. The molecule has 1 amide bonds. The van der Waals surface area contributed by atoms with Gasteiger partial charge in [0, 0.05) is 4.90 Å². The van der Waals surface area contributed by atoms with Crippen LogP contribution in [0, 0.1) is 0 Å². The van der Waals surface area contributed by atoms with Crippen molar-refractivity contribution >= 4 is 52.7 Å². The molecule has 1 unspecified atom stereocenters. The first-order valence-corrected chi connectivity index (χ1v) is 6.57. The molecule has 0 radical (unpaired) electrons. The molecular formula is C10H10Cl3NO2S. The van der Waals surface area contributed by atoms with Crippen LogP contribution in [-0.2, 0) is 4.74 Å². The molecule has 0 bridgehead atoms. The Hall–Kier alpha value is -0.290. The van der Waals surface area contributed by atoms with Crippen LogP contribution in [0.5, 0.6) is 0 Å². The molecule has 0 aromatic heterocycles. The monoisotopic (exact) mass is 313 g/mol. The summed E-state index contributed by atoms with van der Waals surface area (Å²) >= 11 is 18.6. The second kappa shape index (κ2) is 6.59. The van der Waals surface area contributed by atoms with Gasteiger partial charge in [-0.15, -0.1) is 0 Å². The van der Waals surface area contributed by atoms with E-state index in [0.29, 0.717) is 0 Å². The van der Waals surface area contributed by atoms with E-state index in [-0.39, 0.29) is 0 Å². The average Bonchev–Trinajstić information content (AvgIpc) is 2.28. The van der Waals surface area contributed by atoms with Gasteiger partial charge in [-0.2, -0.15) is 0 Å². The third-order valence-electron chi connectivity index (χ3n) is 1.73. The van der Waals surface area contributed by atoms with Crippen molar-refractivity contribution in [2.45, 2.75) is 14.1 Å². The zero-order valence-electron chi connectivity index (χ0n) is 8.82. The molecule has 1 N–H and O–H groups in total. The number of nitrogens with one attached hydrogen (secondary N) is 1. The number of amides is 1. The first-order valence-electron chi connectivity index (χ1n) is 4.56. The van der Waals surface area contributed by atoms with Crippen LogP contribution in [0.25, 0.3) is 0 Å². The number of halogens is 3. The smallest absolute Gasteiger partial charge is 0.407 e. The maximum atomic E-state index is 11.1. The Morgan fingerprint density at radius 3 is 2.41 bits per heavy atom. The van der Waals surface area contributed by atoms with Crippen LogP contribution in [0.3, 0.4) is 0 Å². The standard InChI is InChI=1S/C10H10Cl3NO2S/c1-16-9(15)14-8(10(11,12)13)17-7-5-3-2-4-6-7/h2-6,8H,1H3,(H,14,15). The van der Waals surface area contributed by atoms with Gasteiger partial charge in [-0.3, -0.25) is 0 Å². The maximum absolute atomic E-state index is 11.1. The number of methoxy groups -OCH3 is 1.